The molecule has 36 heavy (non-hydrogen) atoms. The molecule has 3 aromatic rings. The molecule has 2 aliphatic rings. The second-order valence-electron chi connectivity index (χ2n) is 9.26. The van der Waals surface area contributed by atoms with E-state index in [0.717, 1.165) is 62.0 Å². The SMILES string of the molecule is Cc1cc([C@H]2[C@H](c3ccccn3)NC(=S)N2CCN2CCOCC2)c(C)n1-c1ccccc1C(=O)O. The summed E-state index contributed by atoms with van der Waals surface area (Å²) >= 11 is 5.85. The second-order valence-corrected chi connectivity index (χ2v) is 9.64. The number of benzene rings is 1. The highest BCUT2D eigenvalue weighted by atomic mass is 32.1. The minimum absolute atomic E-state index is 0.0784. The first-order chi connectivity index (χ1) is 17.5. The number of aromatic nitrogens is 2. The van der Waals surface area contributed by atoms with Gasteiger partial charge in [-0.25, -0.2) is 4.79 Å². The summed E-state index contributed by atoms with van der Waals surface area (Å²) in [6.07, 6.45) is 1.81. The van der Waals surface area contributed by atoms with Gasteiger partial charge >= 0.3 is 5.97 Å². The fourth-order valence-electron chi connectivity index (χ4n) is 5.37. The maximum atomic E-state index is 12.0. The van der Waals surface area contributed by atoms with Crippen LogP contribution in [0.5, 0.6) is 0 Å². The van der Waals surface area contributed by atoms with Gasteiger partial charge in [-0.2, -0.15) is 0 Å². The quantitative estimate of drug-likeness (QED) is 0.473. The van der Waals surface area contributed by atoms with E-state index in [1.807, 2.05) is 41.8 Å². The predicted octanol–water partition coefficient (Wildman–Crippen LogP) is 3.49. The number of carboxylic acids is 1. The zero-order valence-electron chi connectivity index (χ0n) is 20.6. The summed E-state index contributed by atoms with van der Waals surface area (Å²) in [6, 6.07) is 15.0. The van der Waals surface area contributed by atoms with Crippen molar-refractivity contribution in [2.45, 2.75) is 25.9 Å². The molecule has 2 N–H and O–H groups in total. The Morgan fingerprint density at radius 1 is 1.14 bits per heavy atom. The van der Waals surface area contributed by atoms with Crippen molar-refractivity contribution in [1.29, 1.82) is 0 Å². The predicted molar refractivity (Wildman–Crippen MR) is 142 cm³/mol. The van der Waals surface area contributed by atoms with Gasteiger partial charge in [0.2, 0.25) is 0 Å². The molecule has 9 heteroatoms. The fourth-order valence-corrected chi connectivity index (χ4v) is 5.70. The summed E-state index contributed by atoms with van der Waals surface area (Å²) < 4.78 is 7.55. The van der Waals surface area contributed by atoms with Gasteiger partial charge in [0.1, 0.15) is 0 Å². The number of hydrogen-bond acceptors (Lipinski definition) is 5. The Morgan fingerprint density at radius 3 is 2.61 bits per heavy atom. The first-order valence-corrected chi connectivity index (χ1v) is 12.7. The summed E-state index contributed by atoms with van der Waals surface area (Å²) in [5.74, 6) is -0.943. The number of carbonyl (C=O) groups is 1. The highest BCUT2D eigenvalue weighted by molar-refractivity contribution is 7.80. The lowest BCUT2D eigenvalue weighted by molar-refractivity contribution is 0.0350. The average Bonchev–Trinajstić information content (AvgIpc) is 3.38. The molecule has 0 saturated carbocycles. The molecule has 0 bridgehead atoms. The smallest absolute Gasteiger partial charge is 0.337 e. The number of pyridine rings is 1. The molecule has 2 aromatic heterocycles. The lowest BCUT2D eigenvalue weighted by Crippen LogP contribution is -2.42. The molecule has 1 aromatic carbocycles. The van der Waals surface area contributed by atoms with E-state index in [1.54, 1.807) is 18.3 Å². The molecular weight excluding hydrogens is 474 g/mol. The Kier molecular flexibility index (Phi) is 7.04. The van der Waals surface area contributed by atoms with Gasteiger partial charge in [-0.3, -0.25) is 9.88 Å². The Labute approximate surface area is 216 Å². The van der Waals surface area contributed by atoms with Crippen LogP contribution in [0.15, 0.2) is 54.7 Å². The van der Waals surface area contributed by atoms with E-state index in [4.69, 9.17) is 17.0 Å². The van der Waals surface area contributed by atoms with Crippen LogP contribution < -0.4 is 5.32 Å². The van der Waals surface area contributed by atoms with Gasteiger partial charge in [0, 0.05) is 43.8 Å². The van der Waals surface area contributed by atoms with Crippen molar-refractivity contribution >= 4 is 23.3 Å². The second kappa shape index (κ2) is 10.4. The number of nitrogens with one attached hydrogen (secondary N) is 1. The van der Waals surface area contributed by atoms with Gasteiger partial charge in [-0.05, 0) is 62.0 Å². The minimum atomic E-state index is -0.943. The van der Waals surface area contributed by atoms with Crippen LogP contribution in [0.2, 0.25) is 0 Å². The third kappa shape index (κ3) is 4.61. The lowest BCUT2D eigenvalue weighted by Gasteiger charge is -2.32. The Hall–Kier alpha value is -3.27. The highest BCUT2D eigenvalue weighted by Crippen LogP contribution is 2.41. The normalized spacial score (nSPS) is 20.5. The van der Waals surface area contributed by atoms with Crippen molar-refractivity contribution in [1.82, 2.24) is 24.7 Å². The highest BCUT2D eigenvalue weighted by Gasteiger charge is 2.41. The van der Waals surface area contributed by atoms with Crippen LogP contribution in [-0.4, -0.2) is 74.9 Å². The van der Waals surface area contributed by atoms with Crippen LogP contribution in [-0.2, 0) is 4.74 Å². The topological polar surface area (TPSA) is 82.9 Å². The number of nitrogens with zero attached hydrogens (tertiary/aromatic N) is 4. The lowest BCUT2D eigenvalue weighted by atomic mass is 9.96. The van der Waals surface area contributed by atoms with Crippen LogP contribution in [0.3, 0.4) is 0 Å². The van der Waals surface area contributed by atoms with Crippen molar-refractivity contribution in [2.24, 2.45) is 0 Å². The summed E-state index contributed by atoms with van der Waals surface area (Å²) in [7, 11) is 0. The maximum Gasteiger partial charge on any atom is 0.337 e. The molecule has 0 radical (unpaired) electrons. The molecule has 2 fully saturated rings. The Balaban J connectivity index is 1.56. The molecule has 2 saturated heterocycles. The average molecular weight is 506 g/mol. The molecule has 188 valence electrons. The number of rotatable bonds is 7. The van der Waals surface area contributed by atoms with Gasteiger partial charge in [-0.15, -0.1) is 0 Å². The molecule has 8 nitrogen and oxygen atoms in total. The molecule has 5 rings (SSSR count). The molecule has 0 amide bonds. The number of thiocarbonyl (C=S) groups is 1. The van der Waals surface area contributed by atoms with E-state index in [0.29, 0.717) is 10.8 Å². The first kappa shape index (κ1) is 24.4. The van der Waals surface area contributed by atoms with Crippen LogP contribution in [0.4, 0.5) is 0 Å². The monoisotopic (exact) mass is 505 g/mol. The van der Waals surface area contributed by atoms with Crippen molar-refractivity contribution in [3.8, 4) is 5.69 Å². The first-order valence-electron chi connectivity index (χ1n) is 12.3. The summed E-state index contributed by atoms with van der Waals surface area (Å²) in [4.78, 5) is 21.3. The van der Waals surface area contributed by atoms with E-state index in [1.165, 1.54) is 0 Å². The summed E-state index contributed by atoms with van der Waals surface area (Å²) in [5.41, 5.74) is 4.94. The zero-order chi connectivity index (χ0) is 25.2. The Bertz CT molecular complexity index is 1260. The molecule has 0 unspecified atom stereocenters. The van der Waals surface area contributed by atoms with Gasteiger partial charge in [0.25, 0.3) is 0 Å². The maximum absolute atomic E-state index is 12.0. The number of carboxylic acid groups (broad SMARTS) is 1. The third-order valence-corrected chi connectivity index (χ3v) is 7.48. The van der Waals surface area contributed by atoms with E-state index in [9.17, 15) is 9.90 Å². The van der Waals surface area contributed by atoms with Crippen LogP contribution in [0, 0.1) is 13.8 Å². The van der Waals surface area contributed by atoms with Crippen molar-refractivity contribution in [3.63, 3.8) is 0 Å². The van der Waals surface area contributed by atoms with E-state index in [2.05, 4.69) is 33.1 Å². The summed E-state index contributed by atoms with van der Waals surface area (Å²) in [5, 5.41) is 14.1. The number of morpholine rings is 1. The molecule has 0 aliphatic carbocycles. The molecular formula is C27H31N5O3S. The molecule has 4 heterocycles. The van der Waals surface area contributed by atoms with Crippen molar-refractivity contribution < 1.29 is 14.6 Å². The van der Waals surface area contributed by atoms with Gasteiger partial charge in [-0.1, -0.05) is 18.2 Å². The Morgan fingerprint density at radius 2 is 1.89 bits per heavy atom. The van der Waals surface area contributed by atoms with E-state index in [-0.39, 0.29) is 17.6 Å². The minimum Gasteiger partial charge on any atom is -0.478 e. The van der Waals surface area contributed by atoms with Crippen LogP contribution in [0.1, 0.15) is 45.1 Å². The summed E-state index contributed by atoms with van der Waals surface area (Å²) in [6.45, 7) is 9.08. The number of aryl methyl sites for hydroxylation is 1. The van der Waals surface area contributed by atoms with Crippen LogP contribution >= 0.6 is 12.2 Å². The largest absolute Gasteiger partial charge is 0.478 e. The third-order valence-electron chi connectivity index (χ3n) is 7.12. The molecule has 2 atom stereocenters. The van der Waals surface area contributed by atoms with Gasteiger partial charge in [0.15, 0.2) is 5.11 Å². The number of ether oxygens (including phenoxy) is 1. The van der Waals surface area contributed by atoms with Gasteiger partial charge in [0.05, 0.1) is 42.2 Å². The van der Waals surface area contributed by atoms with Crippen molar-refractivity contribution in [3.05, 3.63) is 82.9 Å². The zero-order valence-corrected chi connectivity index (χ0v) is 21.4. The standard InChI is InChI=1S/C27H31N5O3S/c1-18-17-21(19(2)32(18)23-9-4-3-7-20(23)26(33)34)25-24(22-8-5-6-10-28-22)29-27(36)31(25)12-11-30-13-15-35-16-14-30/h3-10,17,24-25H,11-16H2,1-2H3,(H,29,36)(H,33,34)/t24-,25-/m0/s1. The molecule has 2 aliphatic heterocycles. The van der Waals surface area contributed by atoms with Crippen LogP contribution in [0.25, 0.3) is 5.69 Å². The van der Waals surface area contributed by atoms with Gasteiger partial charge < -0.3 is 24.6 Å². The molecule has 0 spiro atoms. The van der Waals surface area contributed by atoms with E-state index >= 15 is 0 Å². The fraction of sp³-hybridized carbons (Fsp3) is 0.370. The van der Waals surface area contributed by atoms with E-state index < -0.39 is 5.97 Å². The number of para-hydroxylation sites is 1. The van der Waals surface area contributed by atoms with Crippen molar-refractivity contribution in [2.75, 3.05) is 39.4 Å². The number of hydrogen-bond donors (Lipinski definition) is 2. The number of aromatic carboxylic acids is 1.